The predicted octanol–water partition coefficient (Wildman–Crippen LogP) is 4.84. The molecule has 1 aromatic heterocycles. The molecule has 0 fully saturated rings. The van der Waals surface area contributed by atoms with Gasteiger partial charge in [-0.2, -0.15) is 0 Å². The summed E-state index contributed by atoms with van der Waals surface area (Å²) in [6.45, 7) is 9.42. The summed E-state index contributed by atoms with van der Waals surface area (Å²) in [7, 11) is 0. The molecule has 0 bridgehead atoms. The number of hydrogen-bond donors (Lipinski definition) is 1. The third-order valence-corrected chi connectivity index (χ3v) is 4.04. The van der Waals surface area contributed by atoms with Crippen molar-refractivity contribution in [1.29, 1.82) is 0 Å². The number of halogens is 1. The lowest BCUT2D eigenvalue weighted by Gasteiger charge is -2.11. The molecular formula is C17H22BrN3. The van der Waals surface area contributed by atoms with E-state index in [1.54, 1.807) is 0 Å². The zero-order valence-electron chi connectivity index (χ0n) is 13.1. The van der Waals surface area contributed by atoms with E-state index in [4.69, 9.17) is 4.98 Å². The largest absolute Gasteiger partial charge is 0.370 e. The molecule has 2 aromatic rings. The fourth-order valence-corrected chi connectivity index (χ4v) is 2.53. The Morgan fingerprint density at radius 3 is 2.57 bits per heavy atom. The molecule has 0 saturated heterocycles. The summed E-state index contributed by atoms with van der Waals surface area (Å²) < 4.78 is 1.09. The van der Waals surface area contributed by atoms with Crippen molar-refractivity contribution in [3.8, 4) is 11.4 Å². The van der Waals surface area contributed by atoms with Crippen LogP contribution in [0, 0.1) is 12.8 Å². The number of aromatic nitrogens is 2. The summed E-state index contributed by atoms with van der Waals surface area (Å²) in [4.78, 5) is 9.35. The summed E-state index contributed by atoms with van der Waals surface area (Å²) in [5.74, 6) is 2.26. The highest BCUT2D eigenvalue weighted by atomic mass is 79.9. The molecule has 0 saturated carbocycles. The molecule has 0 radical (unpaired) electrons. The van der Waals surface area contributed by atoms with Crippen LogP contribution in [0.15, 0.2) is 28.7 Å². The molecule has 21 heavy (non-hydrogen) atoms. The fraction of sp³-hybridized carbons (Fsp3) is 0.412. The van der Waals surface area contributed by atoms with Gasteiger partial charge in [0.1, 0.15) is 5.82 Å². The van der Waals surface area contributed by atoms with Crippen molar-refractivity contribution in [2.45, 2.75) is 34.1 Å². The number of anilines is 1. The van der Waals surface area contributed by atoms with Gasteiger partial charge in [-0.15, -0.1) is 0 Å². The van der Waals surface area contributed by atoms with Gasteiger partial charge in [0.15, 0.2) is 5.82 Å². The zero-order valence-corrected chi connectivity index (χ0v) is 14.7. The highest BCUT2D eigenvalue weighted by Crippen LogP contribution is 2.25. The Kier molecular flexibility index (Phi) is 5.34. The Balaban J connectivity index is 2.45. The van der Waals surface area contributed by atoms with Crippen LogP contribution in [0.5, 0.6) is 0 Å². The number of hydrogen-bond acceptors (Lipinski definition) is 3. The van der Waals surface area contributed by atoms with Gasteiger partial charge in [-0.05, 0) is 37.8 Å². The van der Waals surface area contributed by atoms with Crippen LogP contribution in [0.1, 0.15) is 32.0 Å². The van der Waals surface area contributed by atoms with Crippen LogP contribution in [0.2, 0.25) is 0 Å². The molecule has 112 valence electrons. The summed E-state index contributed by atoms with van der Waals surface area (Å²) in [5.41, 5.74) is 3.34. The quantitative estimate of drug-likeness (QED) is 0.840. The molecule has 0 atom stereocenters. The molecule has 2 rings (SSSR count). The third kappa shape index (κ3) is 4.27. The fourth-order valence-electron chi connectivity index (χ4n) is 2.15. The molecule has 0 aliphatic rings. The van der Waals surface area contributed by atoms with Gasteiger partial charge in [-0.25, -0.2) is 9.97 Å². The van der Waals surface area contributed by atoms with E-state index in [9.17, 15) is 0 Å². The van der Waals surface area contributed by atoms with Crippen LogP contribution in [-0.4, -0.2) is 16.5 Å². The maximum Gasteiger partial charge on any atom is 0.161 e. The van der Waals surface area contributed by atoms with Crippen LogP contribution in [0.25, 0.3) is 11.4 Å². The summed E-state index contributed by atoms with van der Waals surface area (Å²) in [6.07, 6.45) is 0.959. The summed E-state index contributed by atoms with van der Waals surface area (Å²) >= 11 is 3.58. The SMILES string of the molecule is CCNc1cc(CC(C)C)nc(-c2ccc(C)c(Br)c2)n1. The van der Waals surface area contributed by atoms with Gasteiger partial charge in [0.05, 0.1) is 0 Å². The predicted molar refractivity (Wildman–Crippen MR) is 92.6 cm³/mol. The van der Waals surface area contributed by atoms with Gasteiger partial charge < -0.3 is 5.32 Å². The van der Waals surface area contributed by atoms with Crippen molar-refractivity contribution in [3.63, 3.8) is 0 Å². The van der Waals surface area contributed by atoms with E-state index < -0.39 is 0 Å². The van der Waals surface area contributed by atoms with Crippen molar-refractivity contribution in [1.82, 2.24) is 9.97 Å². The van der Waals surface area contributed by atoms with Crippen molar-refractivity contribution in [3.05, 3.63) is 40.0 Å². The lowest BCUT2D eigenvalue weighted by atomic mass is 10.1. The minimum absolute atomic E-state index is 0.576. The van der Waals surface area contributed by atoms with Gasteiger partial charge in [-0.3, -0.25) is 0 Å². The average Bonchev–Trinajstić information content (AvgIpc) is 2.41. The highest BCUT2D eigenvalue weighted by molar-refractivity contribution is 9.10. The maximum absolute atomic E-state index is 4.72. The normalized spacial score (nSPS) is 11.0. The lowest BCUT2D eigenvalue weighted by Crippen LogP contribution is -2.06. The van der Waals surface area contributed by atoms with Crippen molar-refractivity contribution >= 4 is 21.7 Å². The number of rotatable bonds is 5. The molecule has 0 amide bonds. The number of benzene rings is 1. The van der Waals surface area contributed by atoms with Gasteiger partial charge in [0.25, 0.3) is 0 Å². The minimum atomic E-state index is 0.576. The third-order valence-electron chi connectivity index (χ3n) is 3.18. The van der Waals surface area contributed by atoms with E-state index in [0.29, 0.717) is 5.92 Å². The lowest BCUT2D eigenvalue weighted by molar-refractivity contribution is 0.635. The Morgan fingerprint density at radius 1 is 1.19 bits per heavy atom. The van der Waals surface area contributed by atoms with E-state index >= 15 is 0 Å². The van der Waals surface area contributed by atoms with Crippen molar-refractivity contribution in [2.75, 3.05) is 11.9 Å². The van der Waals surface area contributed by atoms with Gasteiger partial charge in [0.2, 0.25) is 0 Å². The smallest absolute Gasteiger partial charge is 0.161 e. The Morgan fingerprint density at radius 2 is 1.95 bits per heavy atom. The van der Waals surface area contributed by atoms with Crippen molar-refractivity contribution < 1.29 is 0 Å². The van der Waals surface area contributed by atoms with E-state index in [0.717, 1.165) is 40.3 Å². The molecule has 0 aliphatic carbocycles. The van der Waals surface area contributed by atoms with Crippen LogP contribution < -0.4 is 5.32 Å². The molecule has 1 N–H and O–H groups in total. The first kappa shape index (κ1) is 16.0. The van der Waals surface area contributed by atoms with E-state index in [2.05, 4.69) is 78.2 Å². The number of nitrogens with zero attached hydrogens (tertiary/aromatic N) is 2. The highest BCUT2D eigenvalue weighted by Gasteiger charge is 2.09. The van der Waals surface area contributed by atoms with E-state index in [1.807, 2.05) is 0 Å². The molecule has 1 heterocycles. The first-order valence-corrected chi connectivity index (χ1v) is 8.17. The first-order chi connectivity index (χ1) is 9.99. The van der Waals surface area contributed by atoms with Gasteiger partial charge in [0, 0.05) is 28.3 Å². The Bertz CT molecular complexity index is 623. The van der Waals surface area contributed by atoms with Crippen LogP contribution in [0.3, 0.4) is 0 Å². The summed E-state index contributed by atoms with van der Waals surface area (Å²) in [5, 5.41) is 3.29. The number of nitrogens with one attached hydrogen (secondary N) is 1. The van der Waals surface area contributed by atoms with E-state index in [-0.39, 0.29) is 0 Å². The maximum atomic E-state index is 4.72. The summed E-state index contributed by atoms with van der Waals surface area (Å²) in [6, 6.07) is 8.30. The molecule has 3 nitrogen and oxygen atoms in total. The second-order valence-corrected chi connectivity index (χ2v) is 6.51. The Labute approximate surface area is 135 Å². The number of aryl methyl sites for hydroxylation is 1. The average molecular weight is 348 g/mol. The standard InChI is InChI=1S/C17H22BrN3/c1-5-19-16-10-14(8-11(2)3)20-17(21-16)13-7-6-12(4)15(18)9-13/h6-7,9-11H,5,8H2,1-4H3,(H,19,20,21). The molecule has 0 aliphatic heterocycles. The van der Waals surface area contributed by atoms with Crippen molar-refractivity contribution in [2.24, 2.45) is 5.92 Å². The topological polar surface area (TPSA) is 37.8 Å². The van der Waals surface area contributed by atoms with Crippen LogP contribution in [-0.2, 0) is 6.42 Å². The second-order valence-electron chi connectivity index (χ2n) is 5.66. The first-order valence-electron chi connectivity index (χ1n) is 7.38. The minimum Gasteiger partial charge on any atom is -0.370 e. The molecule has 1 aromatic carbocycles. The Hall–Kier alpha value is -1.42. The second kappa shape index (κ2) is 7.03. The van der Waals surface area contributed by atoms with E-state index in [1.165, 1.54) is 5.56 Å². The zero-order chi connectivity index (χ0) is 15.4. The van der Waals surface area contributed by atoms with Crippen LogP contribution >= 0.6 is 15.9 Å². The van der Waals surface area contributed by atoms with Gasteiger partial charge in [-0.1, -0.05) is 41.9 Å². The monoisotopic (exact) mass is 347 g/mol. The molecule has 4 heteroatoms. The molecule has 0 unspecified atom stereocenters. The van der Waals surface area contributed by atoms with Crippen LogP contribution in [0.4, 0.5) is 5.82 Å². The molecular weight excluding hydrogens is 326 g/mol. The molecule has 0 spiro atoms. The van der Waals surface area contributed by atoms with Gasteiger partial charge >= 0.3 is 0 Å².